The van der Waals surface area contributed by atoms with E-state index in [9.17, 15) is 26.3 Å². The van der Waals surface area contributed by atoms with Gasteiger partial charge in [-0.05, 0) is 5.92 Å². The summed E-state index contributed by atoms with van der Waals surface area (Å²) in [6.07, 6.45) is -11.5. The molecule has 0 fully saturated rings. The highest BCUT2D eigenvalue weighted by Gasteiger charge is 2.72. The molecule has 0 aromatic rings. The molecule has 0 saturated carbocycles. The molecule has 15 heavy (non-hydrogen) atoms. The van der Waals surface area contributed by atoms with E-state index in [1.807, 2.05) is 0 Å². The Labute approximate surface area is 83.1 Å². The number of alkyl halides is 6. The van der Waals surface area contributed by atoms with Crippen molar-refractivity contribution < 1.29 is 31.4 Å². The second-order valence-electron chi connectivity index (χ2n) is 3.79. The summed E-state index contributed by atoms with van der Waals surface area (Å²) in [7, 11) is 0. The minimum Gasteiger partial charge on any atom is -0.373 e. The zero-order chi connectivity index (χ0) is 12.7. The minimum absolute atomic E-state index is 0.728. The molecule has 0 radical (unpaired) electrons. The number of hydrogen-bond acceptors (Lipinski definition) is 1. The highest BCUT2D eigenvalue weighted by molar-refractivity contribution is 4.98. The highest BCUT2D eigenvalue weighted by Crippen LogP contribution is 2.49. The molecule has 0 saturated heterocycles. The van der Waals surface area contributed by atoms with Gasteiger partial charge in [-0.15, -0.1) is 0 Å². The largest absolute Gasteiger partial charge is 0.426 e. The molecule has 0 aromatic heterocycles. The molecule has 0 aliphatic heterocycles. The summed E-state index contributed by atoms with van der Waals surface area (Å²) in [5, 5.41) is 8.87. The first-order valence-corrected chi connectivity index (χ1v) is 4.21. The molecule has 92 valence electrons. The van der Waals surface area contributed by atoms with E-state index < -0.39 is 29.8 Å². The van der Waals surface area contributed by atoms with Crippen LogP contribution in [0.4, 0.5) is 26.3 Å². The van der Waals surface area contributed by atoms with E-state index in [0.717, 1.165) is 6.92 Å². The van der Waals surface area contributed by atoms with E-state index in [0.29, 0.717) is 0 Å². The van der Waals surface area contributed by atoms with Crippen LogP contribution < -0.4 is 0 Å². The Kier molecular flexibility index (Phi) is 3.72. The first kappa shape index (κ1) is 14.5. The molecule has 0 rings (SSSR count). The van der Waals surface area contributed by atoms with Gasteiger partial charge in [0.1, 0.15) is 0 Å². The molecular formula is C8H12F6O. The van der Waals surface area contributed by atoms with E-state index in [1.54, 1.807) is 0 Å². The molecule has 1 atom stereocenters. The average molecular weight is 238 g/mol. The fourth-order valence-corrected chi connectivity index (χ4v) is 1.16. The molecule has 1 unspecified atom stereocenters. The third kappa shape index (κ3) is 2.38. The maximum absolute atomic E-state index is 12.2. The zero-order valence-corrected chi connectivity index (χ0v) is 8.37. The molecule has 0 heterocycles. The molecule has 0 aliphatic carbocycles. The summed E-state index contributed by atoms with van der Waals surface area (Å²) >= 11 is 0. The van der Waals surface area contributed by atoms with E-state index in [2.05, 4.69) is 0 Å². The monoisotopic (exact) mass is 238 g/mol. The van der Waals surface area contributed by atoms with Crippen molar-refractivity contribution >= 4 is 0 Å². The van der Waals surface area contributed by atoms with Crippen molar-refractivity contribution in [2.75, 3.05) is 0 Å². The minimum atomic E-state index is -5.73. The predicted octanol–water partition coefficient (Wildman–Crippen LogP) is 3.13. The van der Waals surface area contributed by atoms with Crippen molar-refractivity contribution in [2.24, 2.45) is 11.8 Å². The zero-order valence-electron chi connectivity index (χ0n) is 8.37. The van der Waals surface area contributed by atoms with Gasteiger partial charge in [-0.1, -0.05) is 20.8 Å². The van der Waals surface area contributed by atoms with Gasteiger partial charge in [-0.25, -0.2) is 0 Å². The maximum Gasteiger partial charge on any atom is 0.426 e. The SMILES string of the molecule is CC(C)C(C)C(O)(C(F)(F)F)C(F)(F)F. The van der Waals surface area contributed by atoms with Crippen LogP contribution in [0.2, 0.25) is 0 Å². The summed E-state index contributed by atoms with van der Waals surface area (Å²) in [5.74, 6) is -2.91. The Morgan fingerprint density at radius 1 is 0.800 bits per heavy atom. The van der Waals surface area contributed by atoms with Crippen LogP contribution in [-0.4, -0.2) is 23.1 Å². The molecular weight excluding hydrogens is 226 g/mol. The first-order chi connectivity index (χ1) is 6.35. The summed E-state index contributed by atoms with van der Waals surface area (Å²) in [6.45, 7) is 3.10. The topological polar surface area (TPSA) is 20.2 Å². The predicted molar refractivity (Wildman–Crippen MR) is 41.1 cm³/mol. The Balaban J connectivity index is 5.43. The maximum atomic E-state index is 12.2. The van der Waals surface area contributed by atoms with Crippen molar-refractivity contribution in [1.82, 2.24) is 0 Å². The lowest BCUT2D eigenvalue weighted by atomic mass is 9.80. The lowest BCUT2D eigenvalue weighted by Crippen LogP contribution is -2.62. The molecule has 0 aliphatic rings. The lowest BCUT2D eigenvalue weighted by Gasteiger charge is -2.38. The van der Waals surface area contributed by atoms with E-state index >= 15 is 0 Å². The van der Waals surface area contributed by atoms with Crippen LogP contribution in [-0.2, 0) is 0 Å². The molecule has 1 nitrogen and oxygen atoms in total. The van der Waals surface area contributed by atoms with Gasteiger partial charge in [0.25, 0.3) is 5.60 Å². The van der Waals surface area contributed by atoms with E-state index in [4.69, 9.17) is 5.11 Å². The number of hydrogen-bond donors (Lipinski definition) is 1. The third-order valence-electron chi connectivity index (χ3n) is 2.52. The fourth-order valence-electron chi connectivity index (χ4n) is 1.16. The summed E-state index contributed by atoms with van der Waals surface area (Å²) in [5.41, 5.74) is -4.64. The van der Waals surface area contributed by atoms with Crippen LogP contribution in [0.15, 0.2) is 0 Å². The number of halogens is 6. The third-order valence-corrected chi connectivity index (χ3v) is 2.52. The Hall–Kier alpha value is -0.460. The second-order valence-corrected chi connectivity index (χ2v) is 3.79. The Bertz CT molecular complexity index is 202. The van der Waals surface area contributed by atoms with Crippen molar-refractivity contribution in [3.05, 3.63) is 0 Å². The Morgan fingerprint density at radius 2 is 1.07 bits per heavy atom. The van der Waals surface area contributed by atoms with Crippen LogP contribution in [0.3, 0.4) is 0 Å². The van der Waals surface area contributed by atoms with E-state index in [-0.39, 0.29) is 0 Å². The van der Waals surface area contributed by atoms with Crippen molar-refractivity contribution in [1.29, 1.82) is 0 Å². The van der Waals surface area contributed by atoms with Gasteiger partial charge < -0.3 is 5.11 Å². The summed E-state index contributed by atoms with van der Waals surface area (Å²) in [6, 6.07) is 0. The smallest absolute Gasteiger partial charge is 0.373 e. The average Bonchev–Trinajstić information content (AvgIpc) is 1.96. The van der Waals surface area contributed by atoms with Gasteiger partial charge in [0, 0.05) is 5.92 Å². The number of rotatable bonds is 2. The van der Waals surface area contributed by atoms with Crippen LogP contribution in [0.5, 0.6) is 0 Å². The molecule has 1 N–H and O–H groups in total. The highest BCUT2D eigenvalue weighted by atomic mass is 19.4. The molecule has 0 aromatic carbocycles. The van der Waals surface area contributed by atoms with Gasteiger partial charge in [0.2, 0.25) is 0 Å². The van der Waals surface area contributed by atoms with E-state index in [1.165, 1.54) is 13.8 Å². The number of aliphatic hydroxyl groups is 1. The molecule has 7 heteroatoms. The lowest BCUT2D eigenvalue weighted by molar-refractivity contribution is -0.386. The quantitative estimate of drug-likeness (QED) is 0.733. The van der Waals surface area contributed by atoms with Crippen molar-refractivity contribution in [2.45, 2.75) is 38.7 Å². The molecule has 0 spiro atoms. The van der Waals surface area contributed by atoms with Crippen LogP contribution >= 0.6 is 0 Å². The molecule has 0 amide bonds. The van der Waals surface area contributed by atoms with Gasteiger partial charge in [-0.2, -0.15) is 26.3 Å². The van der Waals surface area contributed by atoms with Gasteiger partial charge in [-0.3, -0.25) is 0 Å². The van der Waals surface area contributed by atoms with Crippen LogP contribution in [0.25, 0.3) is 0 Å². The van der Waals surface area contributed by atoms with Gasteiger partial charge in [0.05, 0.1) is 0 Å². The normalized spacial score (nSPS) is 17.0. The standard InChI is InChI=1S/C8H12F6O/c1-4(2)5(3)6(15,7(9,10)11)8(12,13)14/h4-5,15H,1-3H3. The first-order valence-electron chi connectivity index (χ1n) is 4.21. The van der Waals surface area contributed by atoms with Gasteiger partial charge in [0.15, 0.2) is 0 Å². The summed E-state index contributed by atoms with van der Waals surface area (Å²) in [4.78, 5) is 0. The van der Waals surface area contributed by atoms with Crippen molar-refractivity contribution in [3.8, 4) is 0 Å². The van der Waals surface area contributed by atoms with Gasteiger partial charge >= 0.3 is 12.4 Å². The van der Waals surface area contributed by atoms with Crippen molar-refractivity contribution in [3.63, 3.8) is 0 Å². The van der Waals surface area contributed by atoms with Crippen LogP contribution in [0.1, 0.15) is 20.8 Å². The summed E-state index contributed by atoms with van der Waals surface area (Å²) < 4.78 is 73.4. The molecule has 0 bridgehead atoms. The fraction of sp³-hybridized carbons (Fsp3) is 1.00. The Morgan fingerprint density at radius 3 is 1.13 bits per heavy atom. The van der Waals surface area contributed by atoms with Crippen LogP contribution in [0, 0.1) is 11.8 Å². The second kappa shape index (κ2) is 3.84.